The van der Waals surface area contributed by atoms with E-state index in [0.29, 0.717) is 12.0 Å². The summed E-state index contributed by atoms with van der Waals surface area (Å²) in [4.78, 5) is 5.80. The lowest BCUT2D eigenvalue weighted by Crippen LogP contribution is -2.36. The summed E-state index contributed by atoms with van der Waals surface area (Å²) < 4.78 is 3.02. The van der Waals surface area contributed by atoms with Crippen molar-refractivity contribution in [3.63, 3.8) is 0 Å². The van der Waals surface area contributed by atoms with Gasteiger partial charge in [-0.05, 0) is 42.8 Å². The van der Waals surface area contributed by atoms with Crippen molar-refractivity contribution in [2.24, 2.45) is 5.92 Å². The summed E-state index contributed by atoms with van der Waals surface area (Å²) in [5, 5.41) is 0.773. The molecule has 0 bridgehead atoms. The Morgan fingerprint density at radius 1 is 1.45 bits per heavy atom. The van der Waals surface area contributed by atoms with Crippen molar-refractivity contribution in [1.29, 1.82) is 0 Å². The van der Waals surface area contributed by atoms with Crippen LogP contribution in [0.2, 0.25) is 5.02 Å². The summed E-state index contributed by atoms with van der Waals surface area (Å²) in [5.74, 6) is 0.652. The average molecular weight is 310 g/mol. The van der Waals surface area contributed by atoms with Gasteiger partial charge in [-0.25, -0.2) is 0 Å². The van der Waals surface area contributed by atoms with Gasteiger partial charge in [0.1, 0.15) is 0 Å². The highest BCUT2D eigenvalue weighted by Crippen LogP contribution is 2.29. The van der Waals surface area contributed by atoms with E-state index < -0.39 is 0 Å². The van der Waals surface area contributed by atoms with Crippen LogP contribution in [-0.4, -0.2) is 27.0 Å². The highest BCUT2D eigenvalue weighted by molar-refractivity contribution is 7.71. The van der Waals surface area contributed by atoms with E-state index in [0.717, 1.165) is 34.9 Å². The number of nitrogens with zero attached hydrogens (tertiary/aromatic N) is 2. The van der Waals surface area contributed by atoms with E-state index in [1.54, 1.807) is 0 Å². The molecule has 3 nitrogen and oxygen atoms in total. The number of hydrogen-bond donors (Lipinski definition) is 1. The topological polar surface area (TPSA) is 24.0 Å². The van der Waals surface area contributed by atoms with E-state index in [4.69, 9.17) is 23.8 Å². The van der Waals surface area contributed by atoms with Gasteiger partial charge in [0.15, 0.2) is 4.77 Å². The minimum atomic E-state index is 0.467. The number of imidazole rings is 1. The predicted molar refractivity (Wildman–Crippen MR) is 86.8 cm³/mol. The van der Waals surface area contributed by atoms with Crippen LogP contribution in [0.3, 0.4) is 0 Å². The standard InChI is InChI=1S/C15H20ClN3S/c1-9(2)6-18-8-11-4-12(16)5-13-14(11)19(7-10(18)3)15(20)17-13/h4-5,9-10H,6-8H2,1-3H3,(H,17,20)/t10-/m0/s1. The first kappa shape index (κ1) is 14.1. The zero-order valence-corrected chi connectivity index (χ0v) is 13.7. The van der Waals surface area contributed by atoms with E-state index in [2.05, 4.69) is 41.3 Å². The SMILES string of the molecule is CC(C)CN1Cc2cc(Cl)cc3[nH]c(=S)n(c23)C[C@@H]1C. The van der Waals surface area contributed by atoms with Crippen molar-refractivity contribution in [3.8, 4) is 0 Å². The third-order valence-electron chi connectivity index (χ3n) is 3.95. The van der Waals surface area contributed by atoms with E-state index in [1.807, 2.05) is 6.07 Å². The van der Waals surface area contributed by atoms with Crippen molar-refractivity contribution >= 4 is 34.9 Å². The minimum absolute atomic E-state index is 0.467. The van der Waals surface area contributed by atoms with Gasteiger partial charge in [0, 0.05) is 30.7 Å². The van der Waals surface area contributed by atoms with Crippen molar-refractivity contribution in [2.45, 2.75) is 39.9 Å². The molecule has 0 amide bonds. The molecular weight excluding hydrogens is 290 g/mol. The number of H-pyrrole nitrogens is 1. The molecule has 1 atom stereocenters. The first-order valence-corrected chi connectivity index (χ1v) is 7.89. The highest BCUT2D eigenvalue weighted by atomic mass is 35.5. The molecule has 1 N–H and O–H groups in total. The second kappa shape index (κ2) is 5.17. The van der Waals surface area contributed by atoms with E-state index >= 15 is 0 Å². The Morgan fingerprint density at radius 3 is 2.90 bits per heavy atom. The number of aromatic nitrogens is 2. The molecule has 0 aliphatic carbocycles. The monoisotopic (exact) mass is 309 g/mol. The molecule has 0 fully saturated rings. The summed E-state index contributed by atoms with van der Waals surface area (Å²) in [5.41, 5.74) is 3.54. The normalized spacial score (nSPS) is 19.8. The molecule has 0 saturated heterocycles. The second-order valence-corrected chi connectivity index (χ2v) is 7.00. The average Bonchev–Trinajstić information content (AvgIpc) is 2.55. The third-order valence-corrected chi connectivity index (χ3v) is 4.49. The van der Waals surface area contributed by atoms with Gasteiger partial charge < -0.3 is 9.55 Å². The lowest BCUT2D eigenvalue weighted by Gasteiger charge is -2.28. The van der Waals surface area contributed by atoms with Gasteiger partial charge in [0.25, 0.3) is 0 Å². The molecule has 108 valence electrons. The Kier molecular flexibility index (Phi) is 3.65. The fraction of sp³-hybridized carbons (Fsp3) is 0.533. The van der Waals surface area contributed by atoms with Gasteiger partial charge in [0.2, 0.25) is 0 Å². The number of halogens is 1. The molecule has 5 heteroatoms. The quantitative estimate of drug-likeness (QED) is 0.840. The molecule has 3 rings (SSSR count). The molecular formula is C15H20ClN3S. The molecule has 1 aromatic heterocycles. The molecule has 0 unspecified atom stereocenters. The van der Waals surface area contributed by atoms with Crippen molar-refractivity contribution in [1.82, 2.24) is 14.5 Å². The molecule has 0 saturated carbocycles. The Bertz CT molecular complexity index is 701. The maximum atomic E-state index is 6.25. The number of benzene rings is 1. The fourth-order valence-corrected chi connectivity index (χ4v) is 3.63. The van der Waals surface area contributed by atoms with Crippen LogP contribution in [-0.2, 0) is 13.1 Å². The number of aromatic amines is 1. The highest BCUT2D eigenvalue weighted by Gasteiger charge is 2.23. The molecule has 1 aromatic carbocycles. The van der Waals surface area contributed by atoms with Gasteiger partial charge in [-0.3, -0.25) is 4.90 Å². The van der Waals surface area contributed by atoms with Crippen molar-refractivity contribution in [2.75, 3.05) is 6.54 Å². The van der Waals surface area contributed by atoms with Gasteiger partial charge in [-0.1, -0.05) is 25.4 Å². The largest absolute Gasteiger partial charge is 0.331 e. The Hall–Kier alpha value is -0.840. The van der Waals surface area contributed by atoms with Crippen LogP contribution in [0.25, 0.3) is 11.0 Å². The first-order valence-electron chi connectivity index (χ1n) is 7.10. The fourth-order valence-electron chi connectivity index (χ4n) is 3.12. The van der Waals surface area contributed by atoms with Crippen LogP contribution in [0.15, 0.2) is 12.1 Å². The van der Waals surface area contributed by atoms with Crippen LogP contribution < -0.4 is 0 Å². The van der Waals surface area contributed by atoms with E-state index in [9.17, 15) is 0 Å². The summed E-state index contributed by atoms with van der Waals surface area (Å²) in [6.07, 6.45) is 0. The van der Waals surface area contributed by atoms with Crippen LogP contribution in [0.1, 0.15) is 26.3 Å². The number of nitrogens with one attached hydrogen (secondary N) is 1. The van der Waals surface area contributed by atoms with E-state index in [1.165, 1.54) is 11.1 Å². The zero-order valence-electron chi connectivity index (χ0n) is 12.1. The maximum absolute atomic E-state index is 6.25. The molecule has 20 heavy (non-hydrogen) atoms. The van der Waals surface area contributed by atoms with Crippen molar-refractivity contribution < 1.29 is 0 Å². The van der Waals surface area contributed by atoms with Gasteiger partial charge in [0.05, 0.1) is 11.0 Å². The Labute approximate surface area is 129 Å². The second-order valence-electron chi connectivity index (χ2n) is 6.17. The van der Waals surface area contributed by atoms with Crippen LogP contribution in [0, 0.1) is 10.7 Å². The summed E-state index contributed by atoms with van der Waals surface area (Å²) >= 11 is 11.7. The molecule has 2 heterocycles. The van der Waals surface area contributed by atoms with Crippen LogP contribution in [0.5, 0.6) is 0 Å². The Morgan fingerprint density at radius 2 is 2.20 bits per heavy atom. The predicted octanol–water partition coefficient (Wildman–Crippen LogP) is 4.21. The lowest BCUT2D eigenvalue weighted by molar-refractivity contribution is 0.169. The number of rotatable bonds is 2. The van der Waals surface area contributed by atoms with E-state index in [-0.39, 0.29) is 0 Å². The minimum Gasteiger partial charge on any atom is -0.331 e. The molecule has 0 radical (unpaired) electrons. The smallest absolute Gasteiger partial charge is 0.178 e. The third kappa shape index (κ3) is 2.41. The van der Waals surface area contributed by atoms with Crippen LogP contribution in [0.4, 0.5) is 0 Å². The lowest BCUT2D eigenvalue weighted by atomic mass is 10.1. The zero-order chi connectivity index (χ0) is 14.4. The Balaban J connectivity index is 2.15. The molecule has 1 aliphatic rings. The molecule has 2 aromatic rings. The first-order chi connectivity index (χ1) is 9.45. The van der Waals surface area contributed by atoms with Crippen molar-refractivity contribution in [3.05, 3.63) is 27.5 Å². The van der Waals surface area contributed by atoms with Gasteiger partial charge in [-0.15, -0.1) is 0 Å². The molecule has 0 spiro atoms. The van der Waals surface area contributed by atoms with Gasteiger partial charge >= 0.3 is 0 Å². The molecule has 1 aliphatic heterocycles. The summed E-state index contributed by atoms with van der Waals surface area (Å²) in [6.45, 7) is 9.76. The maximum Gasteiger partial charge on any atom is 0.178 e. The summed E-state index contributed by atoms with van der Waals surface area (Å²) in [7, 11) is 0. The van der Waals surface area contributed by atoms with Gasteiger partial charge in [-0.2, -0.15) is 0 Å². The van der Waals surface area contributed by atoms with Crippen LogP contribution >= 0.6 is 23.8 Å². The number of hydrogen-bond acceptors (Lipinski definition) is 2. The summed E-state index contributed by atoms with van der Waals surface area (Å²) in [6, 6.07) is 4.51.